The number of benzene rings is 1. The van der Waals surface area contributed by atoms with E-state index >= 15 is 0 Å². The Bertz CT molecular complexity index is 384. The van der Waals surface area contributed by atoms with Gasteiger partial charge in [-0.3, -0.25) is 0 Å². The van der Waals surface area contributed by atoms with Crippen LogP contribution in [0.25, 0.3) is 0 Å². The minimum absolute atomic E-state index is 0.655. The molecule has 0 aromatic heterocycles. The van der Waals surface area contributed by atoms with Crippen LogP contribution in [-0.2, 0) is 6.54 Å². The number of piperidine rings is 1. The molecule has 0 aliphatic carbocycles. The summed E-state index contributed by atoms with van der Waals surface area (Å²) in [6.07, 6.45) is 2.51. The largest absolute Gasteiger partial charge is 0.310 e. The Morgan fingerprint density at radius 2 is 2.05 bits per heavy atom. The summed E-state index contributed by atoms with van der Waals surface area (Å²) in [4.78, 5) is 2.59. The highest BCUT2D eigenvalue weighted by Gasteiger charge is 2.18. The van der Waals surface area contributed by atoms with Gasteiger partial charge in [-0.15, -0.1) is 0 Å². The lowest BCUT2D eigenvalue weighted by Crippen LogP contribution is -2.43. The van der Waals surface area contributed by atoms with Crippen molar-refractivity contribution in [2.75, 3.05) is 19.6 Å². The molecule has 0 unspecified atom stereocenters. The molecule has 2 nitrogen and oxygen atoms in total. The molecule has 0 radical (unpaired) electrons. The molecule has 0 atom stereocenters. The molecule has 1 aromatic rings. The summed E-state index contributed by atoms with van der Waals surface area (Å²) >= 11 is 6.00. The summed E-state index contributed by atoms with van der Waals surface area (Å²) in [5.74, 6) is 0.774. The second-order valence-corrected chi connectivity index (χ2v) is 6.42. The van der Waals surface area contributed by atoms with Gasteiger partial charge in [-0.2, -0.15) is 0 Å². The van der Waals surface area contributed by atoms with Gasteiger partial charge in [-0.05, 0) is 49.5 Å². The van der Waals surface area contributed by atoms with E-state index in [1.165, 1.54) is 38.0 Å². The Morgan fingerprint density at radius 1 is 1.32 bits per heavy atom. The number of nitrogens with zero attached hydrogens (tertiary/aromatic N) is 1. The summed E-state index contributed by atoms with van der Waals surface area (Å²) < 4.78 is 0. The molecule has 2 rings (SSSR count). The van der Waals surface area contributed by atoms with Crippen molar-refractivity contribution < 1.29 is 0 Å². The molecule has 1 heterocycles. The number of hydrogen-bond donors (Lipinski definition) is 1. The first-order valence-corrected chi connectivity index (χ1v) is 7.71. The topological polar surface area (TPSA) is 15.3 Å². The molecular formula is C16H25ClN2. The first-order chi connectivity index (χ1) is 9.13. The summed E-state index contributed by atoms with van der Waals surface area (Å²) in [5, 5.41) is 4.48. The number of hydrogen-bond acceptors (Lipinski definition) is 2. The molecule has 3 heteroatoms. The molecule has 1 aliphatic rings. The molecule has 1 N–H and O–H groups in total. The molecule has 19 heavy (non-hydrogen) atoms. The number of nitrogens with one attached hydrogen (secondary N) is 1. The van der Waals surface area contributed by atoms with Gasteiger partial charge in [-0.1, -0.05) is 37.6 Å². The van der Waals surface area contributed by atoms with Crippen molar-refractivity contribution in [2.24, 2.45) is 5.92 Å². The number of halogens is 1. The minimum atomic E-state index is 0.655. The van der Waals surface area contributed by atoms with Gasteiger partial charge in [-0.25, -0.2) is 0 Å². The van der Waals surface area contributed by atoms with Crippen LogP contribution in [0.5, 0.6) is 0 Å². The monoisotopic (exact) mass is 280 g/mol. The summed E-state index contributed by atoms with van der Waals surface area (Å²) in [7, 11) is 0. The number of rotatable bonds is 5. The number of likely N-dealkylation sites (tertiary alicyclic amines) is 1. The van der Waals surface area contributed by atoms with Gasteiger partial charge in [0.25, 0.3) is 0 Å². The summed E-state index contributed by atoms with van der Waals surface area (Å²) in [6.45, 7) is 9.21. The van der Waals surface area contributed by atoms with E-state index in [-0.39, 0.29) is 0 Å². The van der Waals surface area contributed by atoms with E-state index < -0.39 is 0 Å². The third-order valence-corrected chi connectivity index (χ3v) is 3.93. The lowest BCUT2D eigenvalue weighted by molar-refractivity contribution is 0.179. The van der Waals surface area contributed by atoms with Crippen molar-refractivity contribution >= 4 is 11.6 Å². The maximum Gasteiger partial charge on any atom is 0.0409 e. The molecule has 0 saturated carbocycles. The Kier molecular flexibility index (Phi) is 5.68. The Labute approximate surface area is 122 Å². The average Bonchev–Trinajstić information content (AvgIpc) is 2.37. The second-order valence-electron chi connectivity index (χ2n) is 5.98. The minimum Gasteiger partial charge on any atom is -0.310 e. The van der Waals surface area contributed by atoms with Gasteiger partial charge in [0.05, 0.1) is 0 Å². The zero-order valence-corrected chi connectivity index (χ0v) is 12.8. The highest BCUT2D eigenvalue weighted by molar-refractivity contribution is 6.30. The first kappa shape index (κ1) is 14.8. The van der Waals surface area contributed by atoms with Gasteiger partial charge < -0.3 is 10.2 Å². The molecule has 1 aliphatic heterocycles. The molecule has 106 valence electrons. The molecule has 0 amide bonds. The molecular weight excluding hydrogens is 256 g/mol. The van der Waals surface area contributed by atoms with E-state index in [2.05, 4.69) is 30.1 Å². The van der Waals surface area contributed by atoms with Crippen LogP contribution < -0.4 is 5.32 Å². The standard InChI is InChI=1S/C16H25ClN2/c1-13(2)12-19-8-6-16(7-9-19)18-11-14-4-3-5-15(17)10-14/h3-5,10,13,16,18H,6-9,11-12H2,1-2H3. The maximum absolute atomic E-state index is 6.00. The lowest BCUT2D eigenvalue weighted by Gasteiger charge is -2.33. The molecule has 1 saturated heterocycles. The SMILES string of the molecule is CC(C)CN1CCC(NCc2cccc(Cl)c2)CC1. The van der Waals surface area contributed by atoms with Crippen molar-refractivity contribution in [3.8, 4) is 0 Å². The van der Waals surface area contributed by atoms with E-state index in [4.69, 9.17) is 11.6 Å². The van der Waals surface area contributed by atoms with Crippen LogP contribution in [0.15, 0.2) is 24.3 Å². The summed E-state index contributed by atoms with van der Waals surface area (Å²) in [6, 6.07) is 8.78. The van der Waals surface area contributed by atoms with E-state index in [1.807, 2.05) is 18.2 Å². The predicted molar refractivity (Wildman–Crippen MR) is 82.6 cm³/mol. The fourth-order valence-electron chi connectivity index (χ4n) is 2.75. The van der Waals surface area contributed by atoms with Gasteiger partial charge >= 0.3 is 0 Å². The lowest BCUT2D eigenvalue weighted by atomic mass is 10.0. The highest BCUT2D eigenvalue weighted by Crippen LogP contribution is 2.14. The van der Waals surface area contributed by atoms with E-state index in [0.717, 1.165) is 17.5 Å². The van der Waals surface area contributed by atoms with Crippen LogP contribution >= 0.6 is 11.6 Å². The molecule has 1 fully saturated rings. The molecule has 0 bridgehead atoms. The fraction of sp³-hybridized carbons (Fsp3) is 0.625. The normalized spacial score (nSPS) is 18.1. The van der Waals surface area contributed by atoms with Crippen molar-refractivity contribution in [1.82, 2.24) is 10.2 Å². The Balaban J connectivity index is 1.71. The Morgan fingerprint density at radius 3 is 2.68 bits per heavy atom. The maximum atomic E-state index is 6.00. The van der Waals surface area contributed by atoms with Crippen molar-refractivity contribution in [1.29, 1.82) is 0 Å². The van der Waals surface area contributed by atoms with Crippen LogP contribution in [0.1, 0.15) is 32.3 Å². The van der Waals surface area contributed by atoms with Crippen molar-refractivity contribution in [3.05, 3.63) is 34.9 Å². The van der Waals surface area contributed by atoms with Crippen LogP contribution in [0, 0.1) is 5.92 Å². The van der Waals surface area contributed by atoms with Gasteiger partial charge in [0.15, 0.2) is 0 Å². The van der Waals surface area contributed by atoms with E-state index in [9.17, 15) is 0 Å². The first-order valence-electron chi connectivity index (χ1n) is 7.33. The van der Waals surface area contributed by atoms with Gasteiger partial charge in [0, 0.05) is 24.2 Å². The highest BCUT2D eigenvalue weighted by atomic mass is 35.5. The van der Waals surface area contributed by atoms with Crippen molar-refractivity contribution in [2.45, 2.75) is 39.3 Å². The van der Waals surface area contributed by atoms with Crippen LogP contribution in [-0.4, -0.2) is 30.6 Å². The zero-order valence-electron chi connectivity index (χ0n) is 12.0. The molecule has 1 aromatic carbocycles. The van der Waals surface area contributed by atoms with Crippen LogP contribution in [0.4, 0.5) is 0 Å². The molecule has 0 spiro atoms. The second kappa shape index (κ2) is 7.28. The fourth-order valence-corrected chi connectivity index (χ4v) is 2.96. The smallest absolute Gasteiger partial charge is 0.0409 e. The average molecular weight is 281 g/mol. The third kappa shape index (κ3) is 5.13. The van der Waals surface area contributed by atoms with Gasteiger partial charge in [0.2, 0.25) is 0 Å². The third-order valence-electron chi connectivity index (χ3n) is 3.69. The van der Waals surface area contributed by atoms with E-state index in [0.29, 0.717) is 6.04 Å². The predicted octanol–water partition coefficient (Wildman–Crippen LogP) is 3.55. The summed E-state index contributed by atoms with van der Waals surface area (Å²) in [5.41, 5.74) is 1.28. The van der Waals surface area contributed by atoms with Crippen molar-refractivity contribution in [3.63, 3.8) is 0 Å². The quantitative estimate of drug-likeness (QED) is 0.887. The zero-order chi connectivity index (χ0) is 13.7. The van der Waals surface area contributed by atoms with Crippen LogP contribution in [0.3, 0.4) is 0 Å². The van der Waals surface area contributed by atoms with Crippen LogP contribution in [0.2, 0.25) is 5.02 Å². The van der Waals surface area contributed by atoms with E-state index in [1.54, 1.807) is 0 Å². The van der Waals surface area contributed by atoms with Gasteiger partial charge in [0.1, 0.15) is 0 Å². The Hall–Kier alpha value is -0.570.